The number of thioether (sulfide) groups is 4. The molecule has 4 rings (SSSR count). The Balaban J connectivity index is 1.48. The first-order chi connectivity index (χ1) is 20.4. The first-order valence-electron chi connectivity index (χ1n) is 12.4. The number of carbonyl (C=O) groups excluding carboxylic acids is 1. The van der Waals surface area contributed by atoms with Crippen LogP contribution in [0.3, 0.4) is 0 Å². The van der Waals surface area contributed by atoms with Crippen LogP contribution in [0.2, 0.25) is 0 Å². The Bertz CT molecular complexity index is 1750. The second-order valence-electron chi connectivity index (χ2n) is 8.42. The molecule has 0 bridgehead atoms. The van der Waals surface area contributed by atoms with Crippen molar-refractivity contribution in [3.8, 4) is 22.6 Å². The van der Waals surface area contributed by atoms with E-state index in [0.29, 0.717) is 0 Å². The van der Waals surface area contributed by atoms with Gasteiger partial charge in [-0.25, -0.2) is 0 Å². The number of fused-ring (bicyclic) bond motifs is 2. The summed E-state index contributed by atoms with van der Waals surface area (Å²) >= 11 is 6.94. The zero-order chi connectivity index (χ0) is 29.9. The summed E-state index contributed by atoms with van der Waals surface area (Å²) in [5.74, 6) is -2.29. The van der Waals surface area contributed by atoms with Gasteiger partial charge in [0, 0.05) is 39.0 Å². The van der Waals surface area contributed by atoms with Crippen molar-refractivity contribution < 1.29 is 24.4 Å². The Morgan fingerprint density at radius 3 is 2.62 bits per heavy atom. The number of aromatic nitrogens is 1. The van der Waals surface area contributed by atoms with Crippen molar-refractivity contribution in [1.82, 2.24) is 0 Å². The molecule has 2 heterocycles. The first kappa shape index (κ1) is 31.5. The Kier molecular flexibility index (Phi) is 11.8. The van der Waals surface area contributed by atoms with Crippen molar-refractivity contribution in [3.63, 3.8) is 0 Å². The second kappa shape index (κ2) is 15.7. The lowest BCUT2D eigenvalue weighted by Gasteiger charge is -2.11. The molecular formula is C31H24N2O4S5. The van der Waals surface area contributed by atoms with E-state index in [9.17, 15) is 14.7 Å². The summed E-state index contributed by atoms with van der Waals surface area (Å²) in [6.45, 7) is 2.02. The molecule has 0 saturated heterocycles. The molecule has 42 heavy (non-hydrogen) atoms. The normalized spacial score (nSPS) is 13.6. The van der Waals surface area contributed by atoms with Gasteiger partial charge in [-0.1, -0.05) is 87.6 Å². The van der Waals surface area contributed by atoms with Crippen LogP contribution in [0.15, 0.2) is 87.7 Å². The van der Waals surface area contributed by atoms with Crippen molar-refractivity contribution in [1.29, 1.82) is 0 Å². The third-order valence-corrected chi connectivity index (χ3v) is 9.55. The van der Waals surface area contributed by atoms with E-state index >= 15 is 0 Å². The Hall–Kier alpha value is -3.45. The number of rotatable bonds is 9. The summed E-state index contributed by atoms with van der Waals surface area (Å²) in [7, 11) is 0. The number of aliphatic carboxylic acids is 2. The fraction of sp³-hybridized carbons (Fsp3) is 0.129. The van der Waals surface area contributed by atoms with Crippen LogP contribution in [0.1, 0.15) is 10.6 Å². The Morgan fingerprint density at radius 1 is 1.05 bits per heavy atom. The van der Waals surface area contributed by atoms with Crippen LogP contribution in [-0.2, 0) is 9.59 Å². The molecule has 0 saturated carbocycles. The van der Waals surface area contributed by atoms with Crippen molar-refractivity contribution in [2.45, 2.75) is 16.7 Å². The summed E-state index contributed by atoms with van der Waals surface area (Å²) in [5, 5.41) is 27.2. The van der Waals surface area contributed by atoms with Crippen LogP contribution in [-0.4, -0.2) is 34.8 Å². The fourth-order valence-electron chi connectivity index (χ4n) is 3.59. The quantitative estimate of drug-likeness (QED) is 0.134. The third kappa shape index (κ3) is 8.78. The molecule has 0 fully saturated rings. The van der Waals surface area contributed by atoms with Gasteiger partial charge < -0.3 is 15.0 Å². The highest BCUT2D eigenvalue weighted by Crippen LogP contribution is 2.46. The highest BCUT2D eigenvalue weighted by molar-refractivity contribution is 8.04. The van der Waals surface area contributed by atoms with E-state index in [4.69, 9.17) is 5.11 Å². The number of allylic oxidation sites excluding steroid dienone is 6. The van der Waals surface area contributed by atoms with E-state index in [2.05, 4.69) is 59.0 Å². The fourth-order valence-corrected chi connectivity index (χ4v) is 6.72. The highest BCUT2D eigenvalue weighted by Gasteiger charge is 2.23. The maximum atomic E-state index is 10.8. The number of benzene rings is 2. The summed E-state index contributed by atoms with van der Waals surface area (Å²) in [6.07, 6.45) is 15.6. The maximum Gasteiger partial charge on any atom is 0.314 e. The predicted molar refractivity (Wildman–Crippen MR) is 177 cm³/mol. The Morgan fingerprint density at radius 2 is 1.83 bits per heavy atom. The van der Waals surface area contributed by atoms with Gasteiger partial charge >= 0.3 is 5.97 Å². The van der Waals surface area contributed by atoms with Crippen molar-refractivity contribution in [3.05, 3.63) is 88.5 Å². The van der Waals surface area contributed by atoms with E-state index in [1.54, 1.807) is 34.9 Å². The van der Waals surface area contributed by atoms with E-state index < -0.39 is 11.9 Å². The van der Waals surface area contributed by atoms with Gasteiger partial charge in [-0.15, -0.1) is 11.8 Å². The number of anilines is 1. The predicted octanol–water partition coefficient (Wildman–Crippen LogP) is 5.78. The number of aryl methyl sites for hydroxylation is 1. The molecule has 1 N–H and O–H groups in total. The lowest BCUT2D eigenvalue weighted by atomic mass is 10.2. The van der Waals surface area contributed by atoms with Crippen LogP contribution >= 0.6 is 58.4 Å². The number of nitrogens with zero attached hydrogens (tertiary/aromatic N) is 2. The molecule has 0 atom stereocenters. The van der Waals surface area contributed by atoms with Crippen LogP contribution in [0.5, 0.6) is 0 Å². The second-order valence-corrected chi connectivity index (χ2v) is 13.0. The summed E-state index contributed by atoms with van der Waals surface area (Å²) in [4.78, 5) is 25.7. The first-order valence-corrected chi connectivity index (χ1v) is 17.2. The molecule has 0 amide bonds. The van der Waals surface area contributed by atoms with E-state index in [-0.39, 0.29) is 11.5 Å². The highest BCUT2D eigenvalue weighted by atomic mass is 32.2. The Labute approximate surface area is 265 Å². The smallest absolute Gasteiger partial charge is 0.314 e. The lowest BCUT2D eigenvalue weighted by Crippen LogP contribution is -2.29. The molecule has 0 unspecified atom stereocenters. The average molecular weight is 649 g/mol. The van der Waals surface area contributed by atoms with Crippen molar-refractivity contribution >= 4 is 92.3 Å². The van der Waals surface area contributed by atoms with Gasteiger partial charge in [-0.3, -0.25) is 9.69 Å². The summed E-state index contributed by atoms with van der Waals surface area (Å²) in [6, 6.07) is 18.6. The number of carboxylic acids is 2. The van der Waals surface area contributed by atoms with Crippen molar-refractivity contribution in [2.75, 3.05) is 22.7 Å². The number of carboxylic acid groups (broad SMARTS) is 2. The number of carbonyl (C=O) groups is 2. The topological polar surface area (TPSA) is 84.6 Å². The van der Waals surface area contributed by atoms with Gasteiger partial charge in [0.2, 0.25) is 11.6 Å². The molecule has 3 aromatic rings. The van der Waals surface area contributed by atoms with Crippen molar-refractivity contribution in [2.24, 2.45) is 0 Å². The van der Waals surface area contributed by atoms with Crippen LogP contribution in [0.25, 0.3) is 16.3 Å². The molecule has 0 aliphatic carbocycles. The van der Waals surface area contributed by atoms with Gasteiger partial charge in [0.05, 0.1) is 16.7 Å². The molecule has 0 spiro atoms. The molecule has 0 radical (unpaired) electrons. The minimum Gasteiger partial charge on any atom is -0.549 e. The minimum atomic E-state index is -1.14. The molecule has 2 aromatic carbocycles. The number of hydrogen-bond donors (Lipinski definition) is 1. The van der Waals surface area contributed by atoms with Crippen LogP contribution in [0.4, 0.5) is 5.69 Å². The third-order valence-electron chi connectivity index (χ3n) is 5.40. The molecule has 11 heteroatoms. The van der Waals surface area contributed by atoms with Gasteiger partial charge in [-0.2, -0.15) is 0 Å². The van der Waals surface area contributed by atoms with Gasteiger partial charge in [0.1, 0.15) is 10.5 Å². The molecular weight excluding hydrogens is 625 g/mol. The monoisotopic (exact) mass is 648 g/mol. The standard InChI is InChI=1S/C31H24N2O4S5/c1-22-10-12-26-24(18-22)32(14-16-39-20-30(34)35)28(41-26)8-6-4-3-5-7-9-29-33(15-17-40-21-31(36)37)25-19-23(38-2)11-13-27(25)42-29/h3-13,18-19H,20-21H2,1-2H3,(H-,34,35,36,37). The average Bonchev–Trinajstić information content (AvgIpc) is 3.48. The summed E-state index contributed by atoms with van der Waals surface area (Å²) < 4.78 is 2.99. The zero-order valence-corrected chi connectivity index (χ0v) is 26.6. The van der Waals surface area contributed by atoms with E-state index in [0.717, 1.165) is 64.8 Å². The van der Waals surface area contributed by atoms with Crippen LogP contribution in [0, 0.1) is 29.5 Å². The molecule has 1 aromatic heterocycles. The molecule has 212 valence electrons. The zero-order valence-electron chi connectivity index (χ0n) is 22.5. The number of hydrogen-bond acceptors (Lipinski definition) is 9. The molecule has 6 nitrogen and oxygen atoms in total. The maximum absolute atomic E-state index is 10.8. The van der Waals surface area contributed by atoms with E-state index in [1.165, 1.54) is 0 Å². The van der Waals surface area contributed by atoms with E-state index in [1.807, 2.05) is 65.2 Å². The van der Waals surface area contributed by atoms with Gasteiger partial charge in [0.15, 0.2) is 0 Å². The lowest BCUT2D eigenvalue weighted by molar-refractivity contribution is -0.551. The van der Waals surface area contributed by atoms with Crippen LogP contribution < -0.4 is 14.6 Å². The molecule has 1 aliphatic heterocycles. The largest absolute Gasteiger partial charge is 0.549 e. The summed E-state index contributed by atoms with van der Waals surface area (Å²) in [5.41, 5.74) is 3.08. The van der Waals surface area contributed by atoms with Gasteiger partial charge in [0.25, 0.3) is 5.01 Å². The minimum absolute atomic E-state index is 0.0714. The van der Waals surface area contributed by atoms with Gasteiger partial charge in [-0.05, 0) is 54.3 Å². The molecule has 1 aliphatic rings. The number of thiazole rings is 1. The SMILES string of the molecule is CSc1ccc2sc(/C=C/C=C/C=C/C=C3\Sc4ccc(C)cc4N3C#CSCC(=O)[O-])[n+](C#CSCC(=O)O)c2c1.